The normalized spacial score (nSPS) is 16.2. The van der Waals surface area contributed by atoms with Gasteiger partial charge in [0, 0.05) is 28.4 Å². The summed E-state index contributed by atoms with van der Waals surface area (Å²) in [7, 11) is 0. The third kappa shape index (κ3) is 1.40. The second kappa shape index (κ2) is 3.37. The van der Waals surface area contributed by atoms with Gasteiger partial charge < -0.3 is 11.5 Å². The van der Waals surface area contributed by atoms with Crippen LogP contribution in [0.5, 0.6) is 0 Å². The van der Waals surface area contributed by atoms with Crippen LogP contribution in [0.25, 0.3) is 10.9 Å². The van der Waals surface area contributed by atoms with Gasteiger partial charge in [-0.05, 0) is 37.1 Å². The highest BCUT2D eigenvalue weighted by Gasteiger charge is 2.21. The van der Waals surface area contributed by atoms with Crippen molar-refractivity contribution < 1.29 is 0 Å². The van der Waals surface area contributed by atoms with Crippen LogP contribution in [0.15, 0.2) is 24.3 Å². The summed E-state index contributed by atoms with van der Waals surface area (Å²) >= 11 is 0. The van der Waals surface area contributed by atoms with Crippen molar-refractivity contribution in [2.75, 3.05) is 11.5 Å². The molecule has 3 rings (SSSR count). The molecule has 82 valence electrons. The predicted molar refractivity (Wildman–Crippen MR) is 67.2 cm³/mol. The van der Waals surface area contributed by atoms with Crippen LogP contribution < -0.4 is 11.5 Å². The van der Waals surface area contributed by atoms with Gasteiger partial charge in [-0.1, -0.05) is 6.42 Å². The molecule has 0 amide bonds. The first kappa shape index (κ1) is 9.46. The average Bonchev–Trinajstić information content (AvgIpc) is 2.17. The summed E-state index contributed by atoms with van der Waals surface area (Å²) in [6, 6.07) is 7.72. The van der Waals surface area contributed by atoms with Crippen molar-refractivity contribution in [3.63, 3.8) is 0 Å². The fourth-order valence-corrected chi connectivity index (χ4v) is 2.20. The van der Waals surface area contributed by atoms with Gasteiger partial charge in [0.2, 0.25) is 0 Å². The smallest absolute Gasteiger partial charge is 0.0727 e. The first-order valence-corrected chi connectivity index (χ1v) is 5.70. The van der Waals surface area contributed by atoms with E-state index in [-0.39, 0.29) is 0 Å². The second-order valence-corrected chi connectivity index (χ2v) is 4.54. The van der Waals surface area contributed by atoms with Crippen molar-refractivity contribution in [1.29, 1.82) is 0 Å². The monoisotopic (exact) mass is 213 g/mol. The summed E-state index contributed by atoms with van der Waals surface area (Å²) in [4.78, 5) is 4.66. The number of nitrogens with zero attached hydrogens (tertiary/aromatic N) is 1. The first-order valence-electron chi connectivity index (χ1n) is 5.70. The largest absolute Gasteiger partial charge is 0.399 e. The lowest BCUT2D eigenvalue weighted by Gasteiger charge is -2.25. The molecule has 0 saturated heterocycles. The Hall–Kier alpha value is -1.77. The number of fused-ring (bicyclic) bond motifs is 1. The molecule has 4 N–H and O–H groups in total. The Morgan fingerprint density at radius 3 is 2.62 bits per heavy atom. The molecule has 16 heavy (non-hydrogen) atoms. The van der Waals surface area contributed by atoms with Gasteiger partial charge in [-0.25, -0.2) is 0 Å². The van der Waals surface area contributed by atoms with Crippen molar-refractivity contribution >= 4 is 22.3 Å². The number of rotatable bonds is 1. The van der Waals surface area contributed by atoms with E-state index in [1.165, 1.54) is 19.3 Å². The van der Waals surface area contributed by atoms with Gasteiger partial charge in [-0.2, -0.15) is 0 Å². The molecule has 0 unspecified atom stereocenters. The molecule has 0 radical (unpaired) electrons. The molecular formula is C13H15N3. The van der Waals surface area contributed by atoms with E-state index in [9.17, 15) is 0 Å². The van der Waals surface area contributed by atoms with E-state index >= 15 is 0 Å². The van der Waals surface area contributed by atoms with E-state index in [1.807, 2.05) is 24.3 Å². The summed E-state index contributed by atoms with van der Waals surface area (Å²) in [6.07, 6.45) is 3.80. The van der Waals surface area contributed by atoms with Gasteiger partial charge in [0.05, 0.1) is 5.52 Å². The van der Waals surface area contributed by atoms with Gasteiger partial charge in [-0.3, -0.25) is 4.98 Å². The average molecular weight is 213 g/mol. The van der Waals surface area contributed by atoms with Crippen LogP contribution in [0.4, 0.5) is 11.4 Å². The molecule has 1 fully saturated rings. The third-order valence-corrected chi connectivity index (χ3v) is 3.41. The van der Waals surface area contributed by atoms with Crippen LogP contribution in [0.2, 0.25) is 0 Å². The molecule has 2 aromatic rings. The predicted octanol–water partition coefficient (Wildman–Crippen LogP) is 2.67. The van der Waals surface area contributed by atoms with E-state index in [2.05, 4.69) is 4.98 Å². The Balaban J connectivity index is 2.17. The summed E-state index contributed by atoms with van der Waals surface area (Å²) < 4.78 is 0. The first-order chi connectivity index (χ1) is 7.74. The summed E-state index contributed by atoms with van der Waals surface area (Å²) in [6.45, 7) is 0. The van der Waals surface area contributed by atoms with E-state index in [4.69, 9.17) is 11.5 Å². The van der Waals surface area contributed by atoms with E-state index < -0.39 is 0 Å². The number of hydrogen-bond acceptors (Lipinski definition) is 3. The zero-order chi connectivity index (χ0) is 11.1. The maximum atomic E-state index is 6.05. The number of anilines is 2. The fourth-order valence-electron chi connectivity index (χ4n) is 2.20. The van der Waals surface area contributed by atoms with E-state index in [1.54, 1.807) is 0 Å². The zero-order valence-electron chi connectivity index (χ0n) is 9.11. The lowest BCUT2D eigenvalue weighted by Crippen LogP contribution is -2.11. The summed E-state index contributed by atoms with van der Waals surface area (Å²) in [5, 5.41) is 0.961. The van der Waals surface area contributed by atoms with Gasteiger partial charge in [-0.15, -0.1) is 0 Å². The molecule has 1 aliphatic rings. The minimum Gasteiger partial charge on any atom is -0.399 e. The van der Waals surface area contributed by atoms with Crippen LogP contribution in [0, 0.1) is 0 Å². The summed E-state index contributed by atoms with van der Waals surface area (Å²) in [5.41, 5.74) is 15.4. The number of hydrogen-bond donors (Lipinski definition) is 2. The van der Waals surface area contributed by atoms with Gasteiger partial charge >= 0.3 is 0 Å². The maximum Gasteiger partial charge on any atom is 0.0727 e. The Morgan fingerprint density at radius 2 is 1.94 bits per heavy atom. The third-order valence-electron chi connectivity index (χ3n) is 3.41. The maximum absolute atomic E-state index is 6.05. The zero-order valence-corrected chi connectivity index (χ0v) is 9.11. The van der Waals surface area contributed by atoms with Crippen LogP contribution in [-0.2, 0) is 0 Å². The molecule has 0 spiro atoms. The molecule has 1 aromatic heterocycles. The molecule has 1 aliphatic carbocycles. The standard InChI is InChI=1S/C13H15N3/c14-9-4-5-12-10(6-9)11(15)7-13(16-12)8-2-1-3-8/h4-8H,1-3,14H2,(H2,15,16). The lowest BCUT2D eigenvalue weighted by molar-refractivity contribution is 0.412. The number of pyridine rings is 1. The molecule has 1 heterocycles. The molecule has 0 bridgehead atoms. The van der Waals surface area contributed by atoms with Crippen molar-refractivity contribution in [2.24, 2.45) is 0 Å². The van der Waals surface area contributed by atoms with Crippen LogP contribution in [0.3, 0.4) is 0 Å². The topological polar surface area (TPSA) is 64.9 Å². The molecule has 0 aliphatic heterocycles. The van der Waals surface area contributed by atoms with Crippen molar-refractivity contribution in [2.45, 2.75) is 25.2 Å². The molecule has 1 aromatic carbocycles. The van der Waals surface area contributed by atoms with E-state index in [0.29, 0.717) is 5.92 Å². The van der Waals surface area contributed by atoms with Crippen molar-refractivity contribution in [3.8, 4) is 0 Å². The Kier molecular flexibility index (Phi) is 1.99. The highest BCUT2D eigenvalue weighted by atomic mass is 14.7. The Morgan fingerprint density at radius 1 is 1.12 bits per heavy atom. The molecular weight excluding hydrogens is 198 g/mol. The quantitative estimate of drug-likeness (QED) is 0.716. The number of nitrogen functional groups attached to an aromatic ring is 2. The van der Waals surface area contributed by atoms with Crippen molar-refractivity contribution in [3.05, 3.63) is 30.0 Å². The highest BCUT2D eigenvalue weighted by Crippen LogP contribution is 2.37. The highest BCUT2D eigenvalue weighted by molar-refractivity contribution is 5.92. The van der Waals surface area contributed by atoms with Gasteiger partial charge in [0.25, 0.3) is 0 Å². The molecule has 3 heteroatoms. The van der Waals surface area contributed by atoms with Crippen LogP contribution in [0.1, 0.15) is 30.9 Å². The molecule has 1 saturated carbocycles. The van der Waals surface area contributed by atoms with Crippen LogP contribution >= 0.6 is 0 Å². The summed E-state index contributed by atoms with van der Waals surface area (Å²) in [5.74, 6) is 0.615. The SMILES string of the molecule is Nc1ccc2nc(C3CCC3)cc(N)c2c1. The minimum atomic E-state index is 0.615. The van der Waals surface area contributed by atoms with Crippen molar-refractivity contribution in [1.82, 2.24) is 4.98 Å². The second-order valence-electron chi connectivity index (χ2n) is 4.54. The van der Waals surface area contributed by atoms with Gasteiger partial charge in [0.15, 0.2) is 0 Å². The fraction of sp³-hybridized carbons (Fsp3) is 0.308. The van der Waals surface area contributed by atoms with Gasteiger partial charge in [0.1, 0.15) is 0 Å². The lowest BCUT2D eigenvalue weighted by atomic mass is 9.82. The number of aromatic nitrogens is 1. The van der Waals surface area contributed by atoms with E-state index in [0.717, 1.165) is 28.0 Å². The number of nitrogens with two attached hydrogens (primary N) is 2. The van der Waals surface area contributed by atoms with Crippen LogP contribution in [-0.4, -0.2) is 4.98 Å². The Bertz CT molecular complexity index is 544. The minimum absolute atomic E-state index is 0.615. The molecule has 0 atom stereocenters. The molecule has 3 nitrogen and oxygen atoms in total. The number of benzene rings is 1. The Labute approximate surface area is 94.5 Å².